The van der Waals surface area contributed by atoms with E-state index in [4.69, 9.17) is 15.9 Å². The minimum Gasteiger partial charge on any atom is -0.463 e. The van der Waals surface area contributed by atoms with Crippen molar-refractivity contribution in [1.82, 2.24) is 5.32 Å². The number of carbonyl (C=O) groups is 1. The third-order valence-electron chi connectivity index (χ3n) is 4.06. The summed E-state index contributed by atoms with van der Waals surface area (Å²) in [5, 5.41) is 29.6. The largest absolute Gasteiger partial charge is 0.463 e. The zero-order valence-corrected chi connectivity index (χ0v) is 16.2. The van der Waals surface area contributed by atoms with Crippen LogP contribution in [0.3, 0.4) is 0 Å². The second-order valence-corrected chi connectivity index (χ2v) is 6.91. The highest BCUT2D eigenvalue weighted by Gasteiger charge is 2.36. The lowest BCUT2D eigenvalue weighted by atomic mass is 9.81. The van der Waals surface area contributed by atoms with E-state index >= 15 is 0 Å². The number of rotatable bonds is 6. The summed E-state index contributed by atoms with van der Waals surface area (Å²) in [6.07, 6.45) is 0. The number of nitrogens with zero attached hydrogens (tertiary/aromatic N) is 2. The molecule has 146 valence electrons. The van der Waals surface area contributed by atoms with Gasteiger partial charge < -0.3 is 10.1 Å². The highest BCUT2D eigenvalue weighted by atomic mass is 32.2. The zero-order valence-electron chi connectivity index (χ0n) is 15.4. The van der Waals surface area contributed by atoms with E-state index in [1.54, 1.807) is 19.9 Å². The molecule has 0 radical (unpaired) electrons. The Kier molecular flexibility index (Phi) is 6.79. The van der Waals surface area contributed by atoms with E-state index in [1.807, 2.05) is 0 Å². The molecule has 0 saturated carbocycles. The van der Waals surface area contributed by atoms with Gasteiger partial charge in [-0.2, -0.15) is 5.26 Å². The Morgan fingerprint density at radius 2 is 2.25 bits per heavy atom. The van der Waals surface area contributed by atoms with Crippen LogP contribution in [0.5, 0.6) is 0 Å². The Morgan fingerprint density at radius 1 is 1.54 bits per heavy atom. The molecule has 1 aliphatic rings. The molecule has 1 aromatic carbocycles. The fourth-order valence-corrected chi connectivity index (χ4v) is 3.45. The number of thioether (sulfide) groups is 1. The summed E-state index contributed by atoms with van der Waals surface area (Å²) >= 11 is 1.12. The lowest BCUT2D eigenvalue weighted by Crippen LogP contribution is -2.43. The average molecular weight is 402 g/mol. The number of amidine groups is 1. The Labute approximate surface area is 165 Å². The third kappa shape index (κ3) is 4.50. The van der Waals surface area contributed by atoms with Crippen molar-refractivity contribution in [3.8, 4) is 6.07 Å². The van der Waals surface area contributed by atoms with Crippen LogP contribution in [0.25, 0.3) is 0 Å². The number of carbonyl (C=O) groups excluding carboxylic acids is 1. The number of esters is 1. The number of dihydropyridines is 1. The van der Waals surface area contributed by atoms with Gasteiger partial charge in [-0.3, -0.25) is 21.3 Å². The topological polar surface area (TPSA) is 157 Å². The van der Waals surface area contributed by atoms with Crippen LogP contribution in [-0.2, 0) is 9.53 Å². The summed E-state index contributed by atoms with van der Waals surface area (Å²) in [5.74, 6) is -1.17. The number of non-ortho nitro benzene ring substituents is 1. The summed E-state index contributed by atoms with van der Waals surface area (Å²) in [4.78, 5) is 23.4. The van der Waals surface area contributed by atoms with Crippen molar-refractivity contribution in [2.24, 2.45) is 5.73 Å². The maximum absolute atomic E-state index is 12.8. The Balaban J connectivity index is 2.68. The van der Waals surface area contributed by atoms with Gasteiger partial charge >= 0.3 is 5.97 Å². The first kappa shape index (κ1) is 21.0. The SMILES string of the molecule is CCOC(=O)C1=C(CSC(N)=[NH2+])NC(C)=C(C#N)C1c1cccc([N+](=O)[O-])c1. The van der Waals surface area contributed by atoms with Gasteiger partial charge in [-0.1, -0.05) is 12.1 Å². The van der Waals surface area contributed by atoms with Gasteiger partial charge in [0.25, 0.3) is 10.9 Å². The summed E-state index contributed by atoms with van der Waals surface area (Å²) in [5.41, 5.74) is 7.36. The van der Waals surface area contributed by atoms with Gasteiger partial charge in [0.15, 0.2) is 0 Å². The number of ether oxygens (including phenoxy) is 1. The van der Waals surface area contributed by atoms with Gasteiger partial charge in [-0.25, -0.2) is 4.79 Å². The molecule has 5 N–H and O–H groups in total. The van der Waals surface area contributed by atoms with Crippen molar-refractivity contribution in [2.45, 2.75) is 19.8 Å². The standard InChI is InChI=1S/C18H19N5O4S/c1-3-27-17(24)16-14(9-28-18(20)21)22-10(2)13(8-19)15(16)11-5-4-6-12(7-11)23(25)26/h4-7,15,22H,3,9H2,1-2H3,(H3,20,21)/p+1. The van der Waals surface area contributed by atoms with Gasteiger partial charge in [0.2, 0.25) is 0 Å². The molecule has 28 heavy (non-hydrogen) atoms. The first-order valence-corrected chi connectivity index (χ1v) is 9.31. The molecule has 1 atom stereocenters. The number of hydrogen-bond acceptors (Lipinski definition) is 7. The predicted molar refractivity (Wildman–Crippen MR) is 105 cm³/mol. The van der Waals surface area contributed by atoms with Crippen molar-refractivity contribution >= 4 is 28.6 Å². The lowest BCUT2D eigenvalue weighted by molar-refractivity contribution is -0.384. The number of nitrogens with one attached hydrogen (secondary N) is 1. The summed E-state index contributed by atoms with van der Waals surface area (Å²) in [6, 6.07) is 7.97. The summed E-state index contributed by atoms with van der Waals surface area (Å²) in [6.45, 7) is 3.51. The van der Waals surface area contributed by atoms with Crippen LogP contribution in [0.2, 0.25) is 0 Å². The Bertz CT molecular complexity index is 932. The molecular weight excluding hydrogens is 382 g/mol. The minimum absolute atomic E-state index is 0.122. The monoisotopic (exact) mass is 402 g/mol. The van der Waals surface area contributed by atoms with Crippen LogP contribution in [0.15, 0.2) is 46.8 Å². The highest BCUT2D eigenvalue weighted by Crippen LogP contribution is 2.39. The van der Waals surface area contributed by atoms with Crippen molar-refractivity contribution in [2.75, 3.05) is 12.4 Å². The van der Waals surface area contributed by atoms with Crippen molar-refractivity contribution in [3.63, 3.8) is 0 Å². The molecule has 10 heteroatoms. The summed E-state index contributed by atoms with van der Waals surface area (Å²) < 4.78 is 5.19. The molecule has 2 rings (SSSR count). The number of nitro benzene ring substituents is 1. The Hall–Kier alpha value is -3.32. The van der Waals surface area contributed by atoms with Gasteiger partial charge in [0.1, 0.15) is 0 Å². The van der Waals surface area contributed by atoms with E-state index in [1.165, 1.54) is 18.2 Å². The fraction of sp³-hybridized carbons (Fsp3) is 0.278. The number of hydrogen-bond donors (Lipinski definition) is 3. The molecule has 0 bridgehead atoms. The van der Waals surface area contributed by atoms with E-state index < -0.39 is 16.8 Å². The molecule has 0 amide bonds. The maximum Gasteiger partial charge on any atom is 0.336 e. The van der Waals surface area contributed by atoms with Gasteiger partial charge in [0, 0.05) is 29.3 Å². The molecule has 0 spiro atoms. The second-order valence-electron chi connectivity index (χ2n) is 5.86. The fourth-order valence-electron chi connectivity index (χ4n) is 2.91. The van der Waals surface area contributed by atoms with E-state index in [-0.39, 0.29) is 34.4 Å². The maximum atomic E-state index is 12.8. The molecule has 9 nitrogen and oxygen atoms in total. The third-order valence-corrected chi connectivity index (χ3v) is 4.82. The van der Waals surface area contributed by atoms with E-state index in [2.05, 4.69) is 11.4 Å². The average Bonchev–Trinajstić information content (AvgIpc) is 2.65. The molecule has 0 saturated heterocycles. The quantitative estimate of drug-likeness (QED) is 0.206. The molecule has 0 aromatic heterocycles. The normalized spacial score (nSPS) is 16.2. The van der Waals surface area contributed by atoms with Crippen LogP contribution in [0, 0.1) is 21.4 Å². The van der Waals surface area contributed by atoms with Gasteiger partial charge in [-0.05, 0) is 31.2 Å². The van der Waals surface area contributed by atoms with Crippen LogP contribution in [0.4, 0.5) is 5.69 Å². The Morgan fingerprint density at radius 3 is 2.82 bits per heavy atom. The summed E-state index contributed by atoms with van der Waals surface area (Å²) in [7, 11) is 0. The molecule has 1 aromatic rings. The minimum atomic E-state index is -0.806. The zero-order chi connectivity index (χ0) is 20.8. The van der Waals surface area contributed by atoms with Crippen molar-refractivity contribution in [1.29, 1.82) is 5.26 Å². The first-order valence-electron chi connectivity index (χ1n) is 8.33. The molecule has 0 fully saturated rings. The van der Waals surface area contributed by atoms with Crippen LogP contribution in [0.1, 0.15) is 25.3 Å². The number of nitrogens with two attached hydrogens (primary N) is 2. The van der Waals surface area contributed by atoms with E-state index in [9.17, 15) is 20.2 Å². The molecule has 1 aliphatic heterocycles. The highest BCUT2D eigenvalue weighted by molar-refractivity contribution is 8.13. The van der Waals surface area contributed by atoms with E-state index in [0.29, 0.717) is 17.0 Å². The second kappa shape index (κ2) is 9.05. The van der Waals surface area contributed by atoms with E-state index in [0.717, 1.165) is 11.8 Å². The van der Waals surface area contributed by atoms with Gasteiger partial charge in [0.05, 0.1) is 34.7 Å². The molecule has 1 heterocycles. The van der Waals surface area contributed by atoms with Crippen LogP contribution >= 0.6 is 11.8 Å². The van der Waals surface area contributed by atoms with Crippen molar-refractivity contribution < 1.29 is 19.9 Å². The number of benzene rings is 1. The number of allylic oxidation sites excluding steroid dienone is 2. The van der Waals surface area contributed by atoms with Crippen molar-refractivity contribution in [3.05, 3.63) is 62.5 Å². The van der Waals surface area contributed by atoms with Crippen LogP contribution < -0.4 is 16.5 Å². The molecular formula is C18H20N5O4S+. The number of nitriles is 1. The smallest absolute Gasteiger partial charge is 0.336 e. The first-order chi connectivity index (χ1) is 13.3. The molecule has 1 unspecified atom stereocenters. The predicted octanol–water partition coefficient (Wildman–Crippen LogP) is 0.703. The number of nitro groups is 1. The lowest BCUT2D eigenvalue weighted by Gasteiger charge is -2.29. The van der Waals surface area contributed by atoms with Gasteiger partial charge in [-0.15, -0.1) is 0 Å². The molecule has 0 aliphatic carbocycles. The van der Waals surface area contributed by atoms with Crippen LogP contribution in [-0.4, -0.2) is 28.4 Å².